The van der Waals surface area contributed by atoms with Crippen LogP contribution in [-0.4, -0.2) is 50.8 Å². The SMILES string of the molecule is CC(OC(N)=O)c1oc(-c2ccc(OC(F)F)c(OCC3CC3)c2)nc1C(=O)NC(c1nn[nH]n1)c1ccc(F)cc1F. The molecule has 4 aromatic rings. The fourth-order valence-electron chi connectivity index (χ4n) is 4.07. The van der Waals surface area contributed by atoms with Crippen LogP contribution in [0, 0.1) is 17.6 Å². The third-order valence-electron chi connectivity index (χ3n) is 6.28. The monoisotopic (exact) mass is 605 g/mol. The maximum atomic E-state index is 14.7. The summed E-state index contributed by atoms with van der Waals surface area (Å²) in [6.07, 6.45) is -0.537. The van der Waals surface area contributed by atoms with Crippen LogP contribution in [0.25, 0.3) is 11.5 Å². The first-order valence-corrected chi connectivity index (χ1v) is 12.8. The Morgan fingerprint density at radius 1 is 1.16 bits per heavy atom. The number of nitrogens with one attached hydrogen (secondary N) is 2. The number of hydrogen-bond acceptors (Lipinski definition) is 10. The molecule has 1 saturated carbocycles. The van der Waals surface area contributed by atoms with Crippen molar-refractivity contribution in [2.75, 3.05) is 6.61 Å². The van der Waals surface area contributed by atoms with Gasteiger partial charge in [0.25, 0.3) is 5.91 Å². The third-order valence-corrected chi connectivity index (χ3v) is 6.28. The molecular weight excluding hydrogens is 582 g/mol. The van der Waals surface area contributed by atoms with Crippen molar-refractivity contribution < 1.29 is 45.8 Å². The lowest BCUT2D eigenvalue weighted by atomic mass is 10.0. The second kappa shape index (κ2) is 12.3. The van der Waals surface area contributed by atoms with Crippen molar-refractivity contribution in [1.29, 1.82) is 0 Å². The Hall–Kier alpha value is -5.22. The molecule has 17 heteroatoms. The summed E-state index contributed by atoms with van der Waals surface area (Å²) >= 11 is 0. The van der Waals surface area contributed by atoms with Crippen molar-refractivity contribution in [2.24, 2.45) is 11.7 Å². The Morgan fingerprint density at radius 2 is 1.95 bits per heavy atom. The molecule has 1 aliphatic rings. The molecule has 0 radical (unpaired) electrons. The first kappa shape index (κ1) is 29.3. The predicted octanol–water partition coefficient (Wildman–Crippen LogP) is 4.20. The number of primary amides is 1. The zero-order valence-electron chi connectivity index (χ0n) is 22.2. The number of oxazole rings is 1. The first-order chi connectivity index (χ1) is 20.6. The number of rotatable bonds is 12. The molecule has 43 heavy (non-hydrogen) atoms. The number of amides is 2. The van der Waals surface area contributed by atoms with Crippen LogP contribution in [-0.2, 0) is 4.74 Å². The number of aromatic amines is 1. The van der Waals surface area contributed by atoms with Gasteiger partial charge in [-0.1, -0.05) is 11.3 Å². The van der Waals surface area contributed by atoms with Crippen molar-refractivity contribution in [2.45, 2.75) is 38.5 Å². The zero-order valence-corrected chi connectivity index (χ0v) is 22.2. The molecule has 226 valence electrons. The van der Waals surface area contributed by atoms with Crippen LogP contribution in [0.5, 0.6) is 11.5 Å². The van der Waals surface area contributed by atoms with E-state index in [9.17, 15) is 27.2 Å². The smallest absolute Gasteiger partial charge is 0.405 e. The summed E-state index contributed by atoms with van der Waals surface area (Å²) in [4.78, 5) is 29.3. The number of tetrazole rings is 1. The van der Waals surface area contributed by atoms with Gasteiger partial charge in [-0.15, -0.1) is 10.2 Å². The minimum absolute atomic E-state index is 0.0131. The fraction of sp³-hybridized carbons (Fsp3) is 0.308. The number of nitrogens with two attached hydrogens (primary N) is 1. The number of nitrogens with zero attached hydrogens (tertiary/aromatic N) is 4. The molecule has 2 aromatic heterocycles. The van der Waals surface area contributed by atoms with E-state index in [2.05, 4.69) is 35.7 Å². The highest BCUT2D eigenvalue weighted by Crippen LogP contribution is 2.37. The normalized spacial score (nSPS) is 14.3. The van der Waals surface area contributed by atoms with E-state index in [-0.39, 0.29) is 52.6 Å². The maximum Gasteiger partial charge on any atom is 0.405 e. The van der Waals surface area contributed by atoms with Gasteiger partial charge in [-0.2, -0.15) is 14.0 Å². The van der Waals surface area contributed by atoms with E-state index in [0.29, 0.717) is 6.07 Å². The van der Waals surface area contributed by atoms with Crippen molar-refractivity contribution in [3.8, 4) is 23.0 Å². The molecule has 5 rings (SSSR count). The fourth-order valence-corrected chi connectivity index (χ4v) is 4.07. The Labute approximate surface area is 239 Å². The minimum atomic E-state index is -3.11. The average molecular weight is 606 g/mol. The number of aromatic nitrogens is 5. The van der Waals surface area contributed by atoms with Crippen LogP contribution in [0.1, 0.15) is 59.5 Å². The average Bonchev–Trinajstić information content (AvgIpc) is 3.40. The van der Waals surface area contributed by atoms with E-state index in [1.165, 1.54) is 25.1 Å². The highest BCUT2D eigenvalue weighted by atomic mass is 19.3. The summed E-state index contributed by atoms with van der Waals surface area (Å²) in [7, 11) is 0. The van der Waals surface area contributed by atoms with Crippen LogP contribution >= 0.6 is 0 Å². The van der Waals surface area contributed by atoms with Crippen molar-refractivity contribution in [3.63, 3.8) is 0 Å². The molecule has 2 unspecified atom stereocenters. The van der Waals surface area contributed by atoms with Crippen LogP contribution in [0.15, 0.2) is 40.8 Å². The molecule has 2 heterocycles. The molecule has 2 amide bonds. The summed E-state index contributed by atoms with van der Waals surface area (Å²) in [5, 5.41) is 15.7. The quantitative estimate of drug-likeness (QED) is 0.198. The molecule has 2 atom stereocenters. The minimum Gasteiger partial charge on any atom is -0.489 e. The Balaban J connectivity index is 1.51. The lowest BCUT2D eigenvalue weighted by molar-refractivity contribution is -0.0515. The molecule has 0 spiro atoms. The van der Waals surface area contributed by atoms with Gasteiger partial charge in [-0.25, -0.2) is 18.6 Å². The van der Waals surface area contributed by atoms with Crippen molar-refractivity contribution in [3.05, 3.63) is 70.9 Å². The zero-order chi connectivity index (χ0) is 30.7. The number of ether oxygens (including phenoxy) is 3. The van der Waals surface area contributed by atoms with E-state index in [4.69, 9.17) is 19.6 Å². The number of benzene rings is 2. The van der Waals surface area contributed by atoms with Gasteiger partial charge >= 0.3 is 12.7 Å². The second-order valence-electron chi connectivity index (χ2n) is 9.45. The Bertz CT molecular complexity index is 1610. The van der Waals surface area contributed by atoms with Crippen molar-refractivity contribution in [1.82, 2.24) is 30.9 Å². The second-order valence-corrected chi connectivity index (χ2v) is 9.45. The molecule has 2 aromatic carbocycles. The molecule has 0 saturated heterocycles. The number of alkyl halides is 2. The Kier molecular flexibility index (Phi) is 8.40. The van der Waals surface area contributed by atoms with Crippen molar-refractivity contribution >= 4 is 12.0 Å². The van der Waals surface area contributed by atoms with E-state index in [1.807, 2.05) is 0 Å². The van der Waals surface area contributed by atoms with Crippen LogP contribution < -0.4 is 20.5 Å². The predicted molar refractivity (Wildman–Crippen MR) is 136 cm³/mol. The lowest BCUT2D eigenvalue weighted by Crippen LogP contribution is -2.32. The molecule has 13 nitrogen and oxygen atoms in total. The van der Waals surface area contributed by atoms with Gasteiger partial charge in [0.2, 0.25) is 11.7 Å². The standard InChI is InChI=1S/C26H23F4N7O6/c1-11(41-26(31)39)21-20(23(38)32-19(22-34-36-37-35-22)15-6-5-14(27)9-16(15)28)33-24(43-21)13-4-7-17(42-25(29)30)18(8-13)40-10-12-2-3-12/h4-9,11-12,19,25H,2-3,10H2,1H3,(H2,31,39)(H,32,38)(H,34,35,36,37). The van der Waals surface area contributed by atoms with Gasteiger partial charge in [-0.3, -0.25) is 4.79 Å². The van der Waals surface area contributed by atoms with Crippen LogP contribution in [0.4, 0.5) is 22.4 Å². The molecular formula is C26H23F4N7O6. The summed E-state index contributed by atoms with van der Waals surface area (Å²) in [6.45, 7) is -1.48. The number of carbonyl (C=O) groups excluding carboxylic acids is 2. The van der Waals surface area contributed by atoms with Gasteiger partial charge in [-0.05, 0) is 49.9 Å². The number of carbonyl (C=O) groups is 2. The maximum absolute atomic E-state index is 14.7. The summed E-state index contributed by atoms with van der Waals surface area (Å²) in [5.41, 5.74) is 4.73. The topological polar surface area (TPSA) is 180 Å². The molecule has 1 aliphatic carbocycles. The van der Waals surface area contributed by atoms with Crippen LogP contribution in [0.2, 0.25) is 0 Å². The number of hydrogen-bond donors (Lipinski definition) is 3. The third kappa shape index (κ3) is 6.99. The van der Waals surface area contributed by atoms with Gasteiger partial charge < -0.3 is 29.7 Å². The van der Waals surface area contributed by atoms with E-state index < -0.39 is 48.1 Å². The highest BCUT2D eigenvalue weighted by Gasteiger charge is 2.32. The van der Waals surface area contributed by atoms with Gasteiger partial charge in [0.1, 0.15) is 17.7 Å². The largest absolute Gasteiger partial charge is 0.489 e. The van der Waals surface area contributed by atoms with Crippen LogP contribution in [0.3, 0.4) is 0 Å². The van der Waals surface area contributed by atoms with E-state index in [0.717, 1.165) is 25.0 Å². The molecule has 0 bridgehead atoms. The first-order valence-electron chi connectivity index (χ1n) is 12.8. The van der Waals surface area contributed by atoms with Gasteiger partial charge in [0.15, 0.2) is 29.1 Å². The summed E-state index contributed by atoms with van der Waals surface area (Å²) in [5.74, 6) is -3.40. The Morgan fingerprint density at radius 3 is 2.60 bits per heavy atom. The van der Waals surface area contributed by atoms with E-state index >= 15 is 0 Å². The summed E-state index contributed by atoms with van der Waals surface area (Å²) < 4.78 is 75.3. The number of H-pyrrole nitrogens is 1. The summed E-state index contributed by atoms with van der Waals surface area (Å²) in [6, 6.07) is 5.21. The number of halogens is 4. The molecule has 1 fully saturated rings. The lowest BCUT2D eigenvalue weighted by Gasteiger charge is -2.17. The van der Waals surface area contributed by atoms with Gasteiger partial charge in [0.05, 0.1) is 6.61 Å². The highest BCUT2D eigenvalue weighted by molar-refractivity contribution is 5.94. The molecule has 4 N–H and O–H groups in total. The molecule has 0 aliphatic heterocycles. The van der Waals surface area contributed by atoms with Gasteiger partial charge in [0, 0.05) is 17.2 Å². The van der Waals surface area contributed by atoms with E-state index in [1.54, 1.807) is 0 Å².